The van der Waals surface area contributed by atoms with Crippen LogP contribution in [0.1, 0.15) is 56.6 Å². The third-order valence-electron chi connectivity index (χ3n) is 6.18. The number of nitrogens with one attached hydrogen (secondary N) is 2. The van der Waals surface area contributed by atoms with E-state index < -0.39 is 11.6 Å². The number of piperidine rings is 1. The molecule has 33 heavy (non-hydrogen) atoms. The van der Waals surface area contributed by atoms with Crippen LogP contribution in [0.4, 0.5) is 21.6 Å². The minimum Gasteiger partial charge on any atom is -0.464 e. The molecular formula is C25H33FN4O3. The van der Waals surface area contributed by atoms with Crippen molar-refractivity contribution in [3.05, 3.63) is 47.4 Å². The van der Waals surface area contributed by atoms with E-state index in [2.05, 4.69) is 15.2 Å². The quantitative estimate of drug-likeness (QED) is 0.410. The lowest BCUT2D eigenvalue weighted by molar-refractivity contribution is 0.00651. The largest absolute Gasteiger partial charge is 0.464 e. The first-order chi connectivity index (χ1) is 15.5. The van der Waals surface area contributed by atoms with E-state index in [9.17, 15) is 14.3 Å². The van der Waals surface area contributed by atoms with Gasteiger partial charge in [-0.3, -0.25) is 0 Å². The van der Waals surface area contributed by atoms with E-state index in [1.807, 2.05) is 27.7 Å². The van der Waals surface area contributed by atoms with Crippen LogP contribution in [0.3, 0.4) is 0 Å². The highest BCUT2D eigenvalue weighted by atomic mass is 19.1. The van der Waals surface area contributed by atoms with Crippen molar-refractivity contribution in [1.82, 2.24) is 4.98 Å². The summed E-state index contributed by atoms with van der Waals surface area (Å²) in [5.41, 5.74) is 1.66. The summed E-state index contributed by atoms with van der Waals surface area (Å²) in [6.07, 6.45) is 1.57. The molecule has 1 fully saturated rings. The van der Waals surface area contributed by atoms with Crippen molar-refractivity contribution in [2.45, 2.75) is 46.1 Å². The van der Waals surface area contributed by atoms with E-state index in [-0.39, 0.29) is 23.3 Å². The molecule has 2 heterocycles. The molecule has 0 saturated carbocycles. The summed E-state index contributed by atoms with van der Waals surface area (Å²) < 4.78 is 18.3. The second-order valence-corrected chi connectivity index (χ2v) is 9.36. The van der Waals surface area contributed by atoms with Crippen LogP contribution in [0, 0.1) is 23.1 Å². The molecule has 178 valence electrons. The Balaban J connectivity index is 2.10. The third-order valence-corrected chi connectivity index (χ3v) is 6.18. The second-order valence-electron chi connectivity index (χ2n) is 9.36. The highest BCUT2D eigenvalue weighted by molar-refractivity contribution is 6.09. The van der Waals surface area contributed by atoms with Gasteiger partial charge < -0.3 is 25.5 Å². The molecule has 1 aromatic heterocycles. The minimum atomic E-state index is -0.760. The molecule has 8 heteroatoms. The normalized spacial score (nSPS) is 15.0. The van der Waals surface area contributed by atoms with Crippen LogP contribution in [0.5, 0.6) is 0 Å². The number of ether oxygens (including phenoxy) is 1. The number of anilines is 3. The van der Waals surface area contributed by atoms with Gasteiger partial charge in [-0.05, 0) is 68.9 Å². The number of halogens is 1. The summed E-state index contributed by atoms with van der Waals surface area (Å²) in [4.78, 5) is 19.1. The van der Waals surface area contributed by atoms with Gasteiger partial charge in [0.05, 0.1) is 24.0 Å². The zero-order valence-corrected chi connectivity index (χ0v) is 19.9. The number of rotatable bonds is 7. The Morgan fingerprint density at radius 2 is 1.88 bits per heavy atom. The topological polar surface area (TPSA) is 98.5 Å². The first-order valence-corrected chi connectivity index (χ1v) is 11.2. The molecule has 0 amide bonds. The van der Waals surface area contributed by atoms with Gasteiger partial charge in [0.2, 0.25) is 0 Å². The molecule has 0 unspecified atom stereocenters. The smallest absolute Gasteiger partial charge is 0.356 e. The van der Waals surface area contributed by atoms with E-state index in [4.69, 9.17) is 10.1 Å². The Morgan fingerprint density at radius 3 is 2.39 bits per heavy atom. The van der Waals surface area contributed by atoms with Gasteiger partial charge in [-0.2, -0.15) is 0 Å². The van der Waals surface area contributed by atoms with Crippen molar-refractivity contribution < 1.29 is 19.0 Å². The SMILES string of the molecule is COC(=O)c1cc(N2CCC(C(C)(C)O)CC2)c(C(=N)C(C)C)c(Nc2ccc(F)cc2)n1. The summed E-state index contributed by atoms with van der Waals surface area (Å²) in [5.74, 6) is -0.504. The van der Waals surface area contributed by atoms with Gasteiger partial charge in [-0.15, -0.1) is 0 Å². The van der Waals surface area contributed by atoms with E-state index >= 15 is 0 Å². The zero-order chi connectivity index (χ0) is 24.3. The van der Waals surface area contributed by atoms with Gasteiger partial charge in [-0.25, -0.2) is 14.2 Å². The fourth-order valence-corrected chi connectivity index (χ4v) is 4.13. The second kappa shape index (κ2) is 9.87. The standard InChI is InChI=1S/C25H33FN4O3/c1-15(2)22(27)21-20(30-12-10-16(11-13-30)25(3,4)32)14-19(24(31)33-5)29-23(21)28-18-8-6-17(26)7-9-18/h6-9,14-16,27,32H,10-13H2,1-5H3,(H,28,29). The van der Waals surface area contributed by atoms with Gasteiger partial charge in [0.1, 0.15) is 11.6 Å². The van der Waals surface area contributed by atoms with Gasteiger partial charge in [-0.1, -0.05) is 13.8 Å². The number of hydrogen-bond donors (Lipinski definition) is 3. The Hall–Kier alpha value is -3.00. The Labute approximate surface area is 194 Å². The summed E-state index contributed by atoms with van der Waals surface area (Å²) in [6.45, 7) is 8.88. The highest BCUT2D eigenvalue weighted by Gasteiger charge is 2.33. The van der Waals surface area contributed by atoms with Crippen LogP contribution in [0.25, 0.3) is 0 Å². The van der Waals surface area contributed by atoms with Crippen LogP contribution < -0.4 is 10.2 Å². The highest BCUT2D eigenvalue weighted by Crippen LogP contribution is 2.36. The summed E-state index contributed by atoms with van der Waals surface area (Å²) in [7, 11) is 1.30. The van der Waals surface area contributed by atoms with Gasteiger partial charge in [0.15, 0.2) is 5.69 Å². The van der Waals surface area contributed by atoms with Gasteiger partial charge in [0, 0.05) is 24.5 Å². The summed E-state index contributed by atoms with van der Waals surface area (Å²) >= 11 is 0. The van der Waals surface area contributed by atoms with Crippen molar-refractivity contribution in [3.63, 3.8) is 0 Å². The minimum absolute atomic E-state index is 0.0859. The van der Waals surface area contributed by atoms with Crippen LogP contribution in [-0.2, 0) is 4.74 Å². The average Bonchev–Trinajstić information content (AvgIpc) is 2.78. The number of carbonyl (C=O) groups excluding carboxylic acids is 1. The Kier molecular flexibility index (Phi) is 7.37. The van der Waals surface area contributed by atoms with Gasteiger partial charge >= 0.3 is 5.97 Å². The molecule has 0 bridgehead atoms. The fourth-order valence-electron chi connectivity index (χ4n) is 4.13. The van der Waals surface area contributed by atoms with Crippen molar-refractivity contribution in [1.29, 1.82) is 5.41 Å². The van der Waals surface area contributed by atoms with Crippen LogP contribution in [0.2, 0.25) is 0 Å². The number of nitrogens with zero attached hydrogens (tertiary/aromatic N) is 2. The number of esters is 1. The van der Waals surface area contributed by atoms with Crippen molar-refractivity contribution >= 4 is 28.9 Å². The van der Waals surface area contributed by atoms with Crippen LogP contribution in [-0.4, -0.2) is 47.6 Å². The molecular weight excluding hydrogens is 423 g/mol. The lowest BCUT2D eigenvalue weighted by Gasteiger charge is -2.39. The number of hydrogen-bond acceptors (Lipinski definition) is 7. The average molecular weight is 457 g/mol. The molecule has 7 nitrogen and oxygen atoms in total. The summed E-state index contributed by atoms with van der Waals surface area (Å²) in [6, 6.07) is 7.51. The molecule has 1 saturated heterocycles. The van der Waals surface area contributed by atoms with Crippen molar-refractivity contribution in [3.8, 4) is 0 Å². The number of methoxy groups -OCH3 is 1. The molecule has 1 aliphatic rings. The third kappa shape index (κ3) is 5.68. The molecule has 0 radical (unpaired) electrons. The molecule has 1 aliphatic heterocycles. The molecule has 0 spiro atoms. The summed E-state index contributed by atoms with van der Waals surface area (Å²) in [5, 5.41) is 22.4. The molecule has 3 N–H and O–H groups in total. The van der Waals surface area contributed by atoms with Crippen molar-refractivity contribution in [2.75, 3.05) is 30.4 Å². The monoisotopic (exact) mass is 456 g/mol. The van der Waals surface area contributed by atoms with Gasteiger partial charge in [0.25, 0.3) is 0 Å². The predicted molar refractivity (Wildman–Crippen MR) is 128 cm³/mol. The number of carbonyl (C=O) groups is 1. The maximum atomic E-state index is 13.4. The number of aliphatic hydroxyl groups is 1. The van der Waals surface area contributed by atoms with E-state index in [0.29, 0.717) is 35.9 Å². The first kappa shape index (κ1) is 24.6. The first-order valence-electron chi connectivity index (χ1n) is 11.2. The Morgan fingerprint density at radius 1 is 1.27 bits per heavy atom. The Bertz CT molecular complexity index is 1010. The molecule has 0 atom stereocenters. The maximum absolute atomic E-state index is 13.4. The molecule has 3 rings (SSSR count). The number of aromatic nitrogens is 1. The molecule has 2 aromatic rings. The number of benzene rings is 1. The fraction of sp³-hybridized carbons (Fsp3) is 0.480. The maximum Gasteiger partial charge on any atom is 0.356 e. The van der Waals surface area contributed by atoms with E-state index in [1.165, 1.54) is 19.2 Å². The number of pyridine rings is 1. The van der Waals surface area contributed by atoms with Crippen LogP contribution >= 0.6 is 0 Å². The molecule has 0 aliphatic carbocycles. The van der Waals surface area contributed by atoms with E-state index in [0.717, 1.165) is 18.5 Å². The lowest BCUT2D eigenvalue weighted by atomic mass is 9.83. The van der Waals surface area contributed by atoms with Crippen molar-refractivity contribution in [2.24, 2.45) is 11.8 Å². The zero-order valence-electron chi connectivity index (χ0n) is 19.9. The predicted octanol–water partition coefficient (Wildman–Crippen LogP) is 4.76. The van der Waals surface area contributed by atoms with E-state index in [1.54, 1.807) is 18.2 Å². The van der Waals surface area contributed by atoms with Crippen LogP contribution in [0.15, 0.2) is 30.3 Å². The lowest BCUT2D eigenvalue weighted by Crippen LogP contribution is -2.42. The molecule has 1 aromatic carbocycles.